The molecule has 11 heteroatoms. The molecule has 0 aromatic heterocycles. The Labute approximate surface area is 306 Å². The van der Waals surface area contributed by atoms with Crippen LogP contribution in [-0.4, -0.2) is 89.1 Å². The van der Waals surface area contributed by atoms with Gasteiger partial charge in [0.25, 0.3) is 5.91 Å². The van der Waals surface area contributed by atoms with Crippen LogP contribution in [0.3, 0.4) is 0 Å². The molecule has 3 heterocycles. The van der Waals surface area contributed by atoms with Crippen LogP contribution in [0.1, 0.15) is 69.1 Å². The Morgan fingerprint density at radius 3 is 2.53 bits per heavy atom. The molecule has 0 unspecified atom stereocenters. The molecular weight excluding hydrogens is 670 g/mol. The van der Waals surface area contributed by atoms with Gasteiger partial charge < -0.3 is 29.3 Å². The van der Waals surface area contributed by atoms with Crippen molar-refractivity contribution in [3.05, 3.63) is 90.0 Å². The maximum atomic E-state index is 14.9. The van der Waals surface area contributed by atoms with Gasteiger partial charge in [-0.2, -0.15) is 0 Å². The lowest BCUT2D eigenvalue weighted by Gasteiger charge is -2.37. The minimum Gasteiger partial charge on any atom is -0.455 e. The Morgan fingerprint density at radius 2 is 1.86 bits per heavy atom. The number of carbonyl (C=O) groups is 4. The number of unbranched alkanes of at least 4 members (excludes halogenated alkanes) is 2. The van der Waals surface area contributed by atoms with E-state index in [-0.39, 0.29) is 43.8 Å². The van der Waals surface area contributed by atoms with E-state index in [1.807, 2.05) is 56.3 Å². The molecule has 2 bridgehead atoms. The monoisotopic (exact) mass is 719 g/mol. The van der Waals surface area contributed by atoms with Gasteiger partial charge in [-0.05, 0) is 69.6 Å². The highest BCUT2D eigenvalue weighted by Crippen LogP contribution is 2.59. The zero-order valence-electron chi connectivity index (χ0n) is 29.8. The standard InChI is InChI=1S/C40H50ClN3O7/c1-6-8-20-31(46)42(5)27(4)35(28-17-11-9-12-18-28)50-39(49)32-30-21-22-40(51-30)33(32)37(47)44(24-13-10-14-25-45)36(40)38(48)43(23-7-2)34-26(3)16-15-19-29(34)41/h6-7,9,11-12,15-19,27,30,32-33,35-36,45H,1-2,8,10,13-14,20-25H2,3-5H3/t27-,30-,32+,33+,35+,36-,40+/m1/s1. The summed E-state index contributed by atoms with van der Waals surface area (Å²) in [5, 5.41) is 9.80. The molecule has 3 aliphatic heterocycles. The number of benzene rings is 2. The molecule has 1 N–H and O–H groups in total. The number of aryl methyl sites for hydroxylation is 1. The summed E-state index contributed by atoms with van der Waals surface area (Å²) in [7, 11) is 1.69. The summed E-state index contributed by atoms with van der Waals surface area (Å²) >= 11 is 6.68. The number of hydrogen-bond donors (Lipinski definition) is 1. The van der Waals surface area contributed by atoms with E-state index in [0.29, 0.717) is 54.8 Å². The fraction of sp³-hybridized carbons (Fsp3) is 0.500. The first-order chi connectivity index (χ1) is 24.5. The molecule has 0 saturated carbocycles. The number of ether oxygens (including phenoxy) is 2. The third-order valence-electron chi connectivity index (χ3n) is 10.8. The molecule has 1 spiro atoms. The van der Waals surface area contributed by atoms with E-state index in [4.69, 9.17) is 21.1 Å². The van der Waals surface area contributed by atoms with Gasteiger partial charge in [-0.1, -0.05) is 66.2 Å². The van der Waals surface area contributed by atoms with E-state index in [2.05, 4.69) is 13.2 Å². The molecule has 51 heavy (non-hydrogen) atoms. The molecule has 274 valence electrons. The highest BCUT2D eigenvalue weighted by atomic mass is 35.5. The molecule has 2 aromatic carbocycles. The summed E-state index contributed by atoms with van der Waals surface area (Å²) in [5.41, 5.74) is 0.788. The Kier molecular flexibility index (Phi) is 12.4. The number of para-hydroxylation sites is 1. The van der Waals surface area contributed by atoms with Crippen LogP contribution in [0.15, 0.2) is 73.8 Å². The summed E-state index contributed by atoms with van der Waals surface area (Å²) in [6.45, 7) is 11.7. The van der Waals surface area contributed by atoms with Gasteiger partial charge in [0.2, 0.25) is 11.8 Å². The SMILES string of the molecule is C=CCCC(=O)N(C)[C@H](C)[C@H](OC(=O)[C@@H]1[C@H]2C(=O)N(CCCCCO)[C@H](C(=O)N(CC=C)c3c(C)cccc3Cl)[C@]23CC[C@H]1O3)c1ccccc1. The van der Waals surface area contributed by atoms with Crippen LogP contribution in [0, 0.1) is 18.8 Å². The highest BCUT2D eigenvalue weighted by Gasteiger charge is 2.75. The van der Waals surface area contributed by atoms with Gasteiger partial charge in [-0.3, -0.25) is 19.2 Å². The summed E-state index contributed by atoms with van der Waals surface area (Å²) in [6.07, 6.45) is 5.35. The molecule has 0 aliphatic carbocycles. The van der Waals surface area contributed by atoms with Gasteiger partial charge in [-0.25, -0.2) is 0 Å². The molecule has 7 atom stereocenters. The molecule has 0 radical (unpaired) electrons. The molecular formula is C40H50ClN3O7. The quantitative estimate of drug-likeness (QED) is 0.125. The lowest BCUT2D eigenvalue weighted by Crippen LogP contribution is -2.56. The van der Waals surface area contributed by atoms with Crippen LogP contribution in [-0.2, 0) is 28.7 Å². The maximum Gasteiger partial charge on any atom is 0.313 e. The Hall–Kier alpha value is -3.99. The fourth-order valence-corrected chi connectivity index (χ4v) is 8.49. The summed E-state index contributed by atoms with van der Waals surface area (Å²) in [6, 6.07) is 13.1. The minimum atomic E-state index is -1.25. The summed E-state index contributed by atoms with van der Waals surface area (Å²) < 4.78 is 13.0. The molecule has 10 nitrogen and oxygen atoms in total. The average Bonchev–Trinajstić information content (AvgIpc) is 3.77. The first-order valence-electron chi connectivity index (χ1n) is 17.9. The number of hydrogen-bond acceptors (Lipinski definition) is 7. The number of allylic oxidation sites excluding steroid dienone is 1. The minimum absolute atomic E-state index is 0.0243. The lowest BCUT2D eigenvalue weighted by atomic mass is 9.70. The van der Waals surface area contributed by atoms with E-state index in [1.54, 1.807) is 40.0 Å². The van der Waals surface area contributed by atoms with Gasteiger partial charge in [0.1, 0.15) is 17.7 Å². The van der Waals surface area contributed by atoms with Gasteiger partial charge in [-0.15, -0.1) is 13.2 Å². The molecule has 3 aliphatic rings. The number of rotatable bonds is 17. The van der Waals surface area contributed by atoms with Crippen molar-refractivity contribution in [2.24, 2.45) is 11.8 Å². The van der Waals surface area contributed by atoms with Crippen LogP contribution in [0.2, 0.25) is 5.02 Å². The van der Waals surface area contributed by atoms with Crippen molar-refractivity contribution in [1.29, 1.82) is 0 Å². The number of esters is 1. The number of aliphatic hydroxyl groups excluding tert-OH is 1. The van der Waals surface area contributed by atoms with Gasteiger partial charge in [0.15, 0.2) is 0 Å². The molecule has 3 amide bonds. The van der Waals surface area contributed by atoms with E-state index in [1.165, 1.54) is 0 Å². The average molecular weight is 720 g/mol. The number of likely N-dealkylation sites (tertiary alicyclic amines) is 1. The predicted octanol–water partition coefficient (Wildman–Crippen LogP) is 5.80. The van der Waals surface area contributed by atoms with Crippen molar-refractivity contribution >= 4 is 41.0 Å². The Bertz CT molecular complexity index is 1600. The molecule has 3 fully saturated rings. The number of halogens is 1. The van der Waals surface area contributed by atoms with Crippen LogP contribution in [0.4, 0.5) is 5.69 Å². The van der Waals surface area contributed by atoms with Crippen LogP contribution >= 0.6 is 11.6 Å². The zero-order valence-corrected chi connectivity index (χ0v) is 30.6. The van der Waals surface area contributed by atoms with E-state index in [9.17, 15) is 24.3 Å². The number of fused-ring (bicyclic) bond motifs is 1. The summed E-state index contributed by atoms with van der Waals surface area (Å²) in [5.74, 6) is -3.26. The number of aliphatic hydroxyl groups is 1. The highest BCUT2D eigenvalue weighted by molar-refractivity contribution is 6.34. The maximum absolute atomic E-state index is 14.9. The molecule has 3 saturated heterocycles. The van der Waals surface area contributed by atoms with Crippen molar-refractivity contribution in [3.8, 4) is 0 Å². The zero-order chi connectivity index (χ0) is 36.9. The third-order valence-corrected chi connectivity index (χ3v) is 11.1. The Morgan fingerprint density at radius 1 is 1.12 bits per heavy atom. The number of likely N-dealkylation sites (N-methyl/N-ethyl adjacent to an activating group) is 1. The van der Waals surface area contributed by atoms with Crippen LogP contribution in [0.5, 0.6) is 0 Å². The summed E-state index contributed by atoms with van der Waals surface area (Å²) in [4.78, 5) is 61.7. The smallest absolute Gasteiger partial charge is 0.313 e. The van der Waals surface area contributed by atoms with Gasteiger partial charge in [0.05, 0.1) is 34.7 Å². The first kappa shape index (κ1) is 38.2. The molecule has 5 rings (SSSR count). The first-order valence-corrected chi connectivity index (χ1v) is 18.3. The van der Waals surface area contributed by atoms with Crippen molar-refractivity contribution in [2.45, 2.75) is 88.7 Å². The van der Waals surface area contributed by atoms with Crippen LogP contribution < -0.4 is 4.90 Å². The van der Waals surface area contributed by atoms with Crippen molar-refractivity contribution in [1.82, 2.24) is 9.80 Å². The van der Waals surface area contributed by atoms with Crippen molar-refractivity contribution in [2.75, 3.05) is 31.6 Å². The third kappa shape index (κ3) is 7.36. The largest absolute Gasteiger partial charge is 0.455 e. The second-order valence-corrected chi connectivity index (χ2v) is 14.3. The fourth-order valence-electron chi connectivity index (χ4n) is 8.17. The van der Waals surface area contributed by atoms with Crippen LogP contribution in [0.25, 0.3) is 0 Å². The predicted molar refractivity (Wildman–Crippen MR) is 196 cm³/mol. The van der Waals surface area contributed by atoms with E-state index >= 15 is 0 Å². The number of amides is 3. The van der Waals surface area contributed by atoms with E-state index in [0.717, 1.165) is 5.56 Å². The van der Waals surface area contributed by atoms with Crippen molar-refractivity contribution < 1.29 is 33.8 Å². The number of nitrogens with zero attached hydrogens (tertiary/aromatic N) is 3. The number of carbonyl (C=O) groups excluding carboxylic acids is 4. The molecule has 2 aromatic rings. The second kappa shape index (κ2) is 16.6. The second-order valence-electron chi connectivity index (χ2n) is 13.9. The van der Waals surface area contributed by atoms with Gasteiger partial charge in [0, 0.05) is 33.2 Å². The topological polar surface area (TPSA) is 117 Å². The Balaban J connectivity index is 1.50. The normalized spacial score (nSPS) is 24.5. The lowest BCUT2D eigenvalue weighted by molar-refractivity contribution is -0.164. The number of anilines is 1. The van der Waals surface area contributed by atoms with Crippen molar-refractivity contribution in [3.63, 3.8) is 0 Å². The van der Waals surface area contributed by atoms with E-state index < -0.39 is 47.7 Å². The van der Waals surface area contributed by atoms with Gasteiger partial charge >= 0.3 is 5.97 Å².